The van der Waals surface area contributed by atoms with Crippen LogP contribution in [0.25, 0.3) is 5.65 Å². The number of aromatic nitrogens is 3. The molecule has 0 atom stereocenters. The van der Waals surface area contributed by atoms with Crippen LogP contribution >= 0.6 is 0 Å². The highest BCUT2D eigenvalue weighted by Crippen LogP contribution is 2.18. The second-order valence-electron chi connectivity index (χ2n) is 6.47. The summed E-state index contributed by atoms with van der Waals surface area (Å²) in [6.45, 7) is 4.30. The van der Waals surface area contributed by atoms with Crippen LogP contribution in [-0.2, 0) is 0 Å². The number of fused-ring (bicyclic) bond motifs is 1. The van der Waals surface area contributed by atoms with E-state index in [0.29, 0.717) is 37.6 Å². The van der Waals surface area contributed by atoms with Crippen LogP contribution in [0.1, 0.15) is 16.1 Å². The van der Waals surface area contributed by atoms with E-state index in [1.165, 1.54) is 12.3 Å². The van der Waals surface area contributed by atoms with Crippen LogP contribution in [0.5, 0.6) is 0 Å². The van der Waals surface area contributed by atoms with Crippen molar-refractivity contribution in [1.82, 2.24) is 19.3 Å². The highest BCUT2D eigenvalue weighted by Gasteiger charge is 2.23. The second-order valence-corrected chi connectivity index (χ2v) is 6.47. The standard InChI is InChI=1S/C18H18N6O3/c1-13-12-23-5-4-14(10-17(23)20-13)18(25)22-8-6-21(7-9-22)16-3-2-15(11-19-16)24(26)27/h2-5,10-12H,6-9H2,1H3. The largest absolute Gasteiger partial charge is 0.353 e. The number of anilines is 1. The number of aryl methyl sites for hydroxylation is 1. The number of hydrogen-bond acceptors (Lipinski definition) is 6. The Balaban J connectivity index is 1.43. The maximum atomic E-state index is 12.8. The smallest absolute Gasteiger partial charge is 0.287 e. The molecule has 0 bridgehead atoms. The van der Waals surface area contributed by atoms with Gasteiger partial charge in [-0.15, -0.1) is 0 Å². The van der Waals surface area contributed by atoms with Crippen LogP contribution in [0.15, 0.2) is 42.9 Å². The van der Waals surface area contributed by atoms with Gasteiger partial charge in [0.1, 0.15) is 17.7 Å². The number of carbonyl (C=O) groups excluding carboxylic acids is 1. The molecule has 3 aromatic rings. The van der Waals surface area contributed by atoms with Crippen molar-refractivity contribution in [2.24, 2.45) is 0 Å². The molecule has 9 nitrogen and oxygen atoms in total. The van der Waals surface area contributed by atoms with E-state index in [9.17, 15) is 14.9 Å². The predicted octanol–water partition coefficient (Wildman–Crippen LogP) is 1.91. The molecule has 0 spiro atoms. The van der Waals surface area contributed by atoms with Crippen LogP contribution in [-0.4, -0.2) is 56.3 Å². The fourth-order valence-electron chi connectivity index (χ4n) is 3.24. The molecule has 1 amide bonds. The lowest BCUT2D eigenvalue weighted by Crippen LogP contribution is -2.49. The molecule has 4 heterocycles. The van der Waals surface area contributed by atoms with Gasteiger partial charge in [-0.3, -0.25) is 14.9 Å². The number of nitro groups is 1. The van der Waals surface area contributed by atoms with Gasteiger partial charge in [-0.05, 0) is 25.1 Å². The monoisotopic (exact) mass is 366 g/mol. The third-order valence-electron chi connectivity index (χ3n) is 4.66. The number of hydrogen-bond donors (Lipinski definition) is 0. The summed E-state index contributed by atoms with van der Waals surface area (Å²) in [4.78, 5) is 35.4. The Morgan fingerprint density at radius 2 is 1.96 bits per heavy atom. The normalized spacial score (nSPS) is 14.6. The Labute approximate surface area is 155 Å². The maximum Gasteiger partial charge on any atom is 0.287 e. The minimum absolute atomic E-state index is 0.0190. The van der Waals surface area contributed by atoms with Crippen molar-refractivity contribution >= 4 is 23.1 Å². The first-order valence-electron chi connectivity index (χ1n) is 8.61. The summed E-state index contributed by atoms with van der Waals surface area (Å²) in [5, 5.41) is 10.7. The van der Waals surface area contributed by atoms with Gasteiger partial charge < -0.3 is 14.2 Å². The number of piperazine rings is 1. The van der Waals surface area contributed by atoms with Gasteiger partial charge in [0.05, 0.1) is 10.6 Å². The van der Waals surface area contributed by atoms with E-state index in [4.69, 9.17) is 0 Å². The van der Waals surface area contributed by atoms with Gasteiger partial charge in [0.15, 0.2) is 0 Å². The van der Waals surface area contributed by atoms with E-state index < -0.39 is 4.92 Å². The summed E-state index contributed by atoms with van der Waals surface area (Å²) in [6.07, 6.45) is 5.02. The van der Waals surface area contributed by atoms with E-state index in [1.54, 1.807) is 18.2 Å². The van der Waals surface area contributed by atoms with Crippen molar-refractivity contribution in [3.05, 3.63) is 64.2 Å². The third kappa shape index (κ3) is 3.31. The highest BCUT2D eigenvalue weighted by molar-refractivity contribution is 5.95. The molecule has 1 aliphatic heterocycles. The van der Waals surface area contributed by atoms with E-state index in [1.807, 2.05) is 33.5 Å². The van der Waals surface area contributed by atoms with Crippen LogP contribution < -0.4 is 4.90 Å². The molecule has 0 saturated carbocycles. The molecule has 0 aliphatic carbocycles. The number of carbonyl (C=O) groups is 1. The number of amides is 1. The summed E-state index contributed by atoms with van der Waals surface area (Å²) >= 11 is 0. The maximum absolute atomic E-state index is 12.8. The van der Waals surface area contributed by atoms with Crippen LogP contribution in [0, 0.1) is 17.0 Å². The lowest BCUT2D eigenvalue weighted by atomic mass is 10.2. The first kappa shape index (κ1) is 17.0. The summed E-state index contributed by atoms with van der Waals surface area (Å²) in [7, 11) is 0. The number of imidazole rings is 1. The first-order valence-corrected chi connectivity index (χ1v) is 8.61. The van der Waals surface area contributed by atoms with Crippen molar-refractivity contribution in [3.63, 3.8) is 0 Å². The van der Waals surface area contributed by atoms with Gasteiger partial charge in [0.2, 0.25) is 0 Å². The SMILES string of the molecule is Cc1cn2ccc(C(=O)N3CCN(c4ccc([N+](=O)[O-])cn4)CC3)cc2n1. The molecule has 9 heteroatoms. The molecule has 0 unspecified atom stereocenters. The van der Waals surface area contributed by atoms with E-state index in [-0.39, 0.29) is 11.6 Å². The van der Waals surface area contributed by atoms with Crippen LogP contribution in [0.4, 0.5) is 11.5 Å². The quantitative estimate of drug-likeness (QED) is 0.519. The average molecular weight is 366 g/mol. The molecule has 27 heavy (non-hydrogen) atoms. The van der Waals surface area contributed by atoms with Gasteiger partial charge >= 0.3 is 0 Å². The fraction of sp³-hybridized carbons (Fsp3) is 0.278. The summed E-state index contributed by atoms with van der Waals surface area (Å²) < 4.78 is 1.89. The number of rotatable bonds is 3. The first-order chi connectivity index (χ1) is 13.0. The molecule has 0 radical (unpaired) electrons. The van der Waals surface area contributed by atoms with Crippen molar-refractivity contribution in [2.75, 3.05) is 31.1 Å². The average Bonchev–Trinajstić information content (AvgIpc) is 3.07. The second kappa shape index (κ2) is 6.67. The molecule has 1 saturated heterocycles. The fourth-order valence-corrected chi connectivity index (χ4v) is 3.24. The van der Waals surface area contributed by atoms with Gasteiger partial charge in [-0.2, -0.15) is 0 Å². The van der Waals surface area contributed by atoms with Crippen molar-refractivity contribution < 1.29 is 9.72 Å². The van der Waals surface area contributed by atoms with Crippen molar-refractivity contribution in [3.8, 4) is 0 Å². The van der Waals surface area contributed by atoms with Gasteiger partial charge in [0.25, 0.3) is 11.6 Å². The molecule has 4 rings (SSSR count). The van der Waals surface area contributed by atoms with Crippen molar-refractivity contribution in [1.29, 1.82) is 0 Å². The topological polar surface area (TPSA) is 96.9 Å². The number of pyridine rings is 2. The molecule has 138 valence electrons. The highest BCUT2D eigenvalue weighted by atomic mass is 16.6. The lowest BCUT2D eigenvalue weighted by Gasteiger charge is -2.35. The van der Waals surface area contributed by atoms with Gasteiger partial charge in [-0.1, -0.05) is 0 Å². The predicted molar refractivity (Wildman–Crippen MR) is 98.9 cm³/mol. The van der Waals surface area contributed by atoms with Crippen LogP contribution in [0.3, 0.4) is 0 Å². The third-order valence-corrected chi connectivity index (χ3v) is 4.66. The van der Waals surface area contributed by atoms with Crippen molar-refractivity contribution in [2.45, 2.75) is 6.92 Å². The van der Waals surface area contributed by atoms with E-state index >= 15 is 0 Å². The molecular formula is C18H18N6O3. The molecular weight excluding hydrogens is 348 g/mol. The summed E-state index contributed by atoms with van der Waals surface area (Å²) in [6, 6.07) is 6.70. The zero-order chi connectivity index (χ0) is 19.0. The minimum atomic E-state index is -0.467. The Kier molecular flexibility index (Phi) is 4.19. The Morgan fingerprint density at radius 1 is 1.19 bits per heavy atom. The van der Waals surface area contributed by atoms with Gasteiger partial charge in [-0.25, -0.2) is 9.97 Å². The van der Waals surface area contributed by atoms with Crippen LogP contribution in [0.2, 0.25) is 0 Å². The Morgan fingerprint density at radius 3 is 2.63 bits per heavy atom. The molecule has 1 fully saturated rings. The summed E-state index contributed by atoms with van der Waals surface area (Å²) in [5.74, 6) is 0.663. The molecule has 3 aromatic heterocycles. The molecule has 0 aromatic carbocycles. The molecule has 1 aliphatic rings. The minimum Gasteiger partial charge on any atom is -0.353 e. The summed E-state index contributed by atoms with van der Waals surface area (Å²) in [5.41, 5.74) is 2.25. The zero-order valence-electron chi connectivity index (χ0n) is 14.8. The number of nitrogens with zero attached hydrogens (tertiary/aromatic N) is 6. The Bertz CT molecular complexity index is 1010. The lowest BCUT2D eigenvalue weighted by molar-refractivity contribution is -0.385. The molecule has 0 N–H and O–H groups in total. The van der Waals surface area contributed by atoms with E-state index in [2.05, 4.69) is 9.97 Å². The zero-order valence-corrected chi connectivity index (χ0v) is 14.8. The van der Waals surface area contributed by atoms with Gasteiger partial charge in [0, 0.05) is 50.2 Å². The Hall–Kier alpha value is -3.49. The van der Waals surface area contributed by atoms with E-state index in [0.717, 1.165) is 11.3 Å².